The number of hydrogen-bond donors (Lipinski definition) is 2. The molecule has 1 aromatic carbocycles. The molecule has 8 heteroatoms. The smallest absolute Gasteiger partial charge is 0.177 e. The van der Waals surface area contributed by atoms with Crippen LogP contribution < -0.4 is 5.32 Å². The number of aliphatic hydroxyl groups is 1. The molecule has 108 valence electrons. The molecule has 0 saturated heterocycles. The van der Waals surface area contributed by atoms with Crippen LogP contribution in [0.15, 0.2) is 35.4 Å². The highest BCUT2D eigenvalue weighted by Gasteiger charge is 2.12. The first-order valence-electron chi connectivity index (χ1n) is 6.03. The van der Waals surface area contributed by atoms with E-state index in [2.05, 4.69) is 15.6 Å². The molecule has 2 N–H and O–H groups in total. The van der Waals surface area contributed by atoms with Gasteiger partial charge < -0.3 is 10.4 Å². The summed E-state index contributed by atoms with van der Waals surface area (Å²) >= 11 is 0. The molecule has 0 spiro atoms. The van der Waals surface area contributed by atoms with Crippen LogP contribution in [0.25, 0.3) is 0 Å². The third kappa shape index (κ3) is 3.55. The summed E-state index contributed by atoms with van der Waals surface area (Å²) in [7, 11) is -3.28. The van der Waals surface area contributed by atoms with Gasteiger partial charge in [0.05, 0.1) is 36.5 Å². The van der Waals surface area contributed by atoms with Crippen molar-refractivity contribution in [1.82, 2.24) is 15.0 Å². The molecule has 0 amide bonds. The molecule has 0 aliphatic carbocycles. The minimum atomic E-state index is -3.28. The van der Waals surface area contributed by atoms with Gasteiger partial charge in [-0.05, 0) is 12.1 Å². The van der Waals surface area contributed by atoms with E-state index < -0.39 is 9.84 Å². The Morgan fingerprint density at radius 3 is 2.80 bits per heavy atom. The van der Waals surface area contributed by atoms with E-state index in [9.17, 15) is 8.42 Å². The fourth-order valence-electron chi connectivity index (χ4n) is 1.75. The molecule has 1 heterocycles. The Bertz CT molecular complexity index is 682. The van der Waals surface area contributed by atoms with Crippen LogP contribution in [0.4, 0.5) is 5.69 Å². The van der Waals surface area contributed by atoms with Gasteiger partial charge in [0.2, 0.25) is 0 Å². The van der Waals surface area contributed by atoms with E-state index >= 15 is 0 Å². The maximum atomic E-state index is 11.7. The van der Waals surface area contributed by atoms with Crippen molar-refractivity contribution >= 4 is 15.5 Å². The molecule has 7 nitrogen and oxygen atoms in total. The third-order valence-corrected chi connectivity index (χ3v) is 3.82. The molecule has 0 saturated carbocycles. The number of nitrogens with zero attached hydrogens (tertiary/aromatic N) is 3. The van der Waals surface area contributed by atoms with Gasteiger partial charge in [0.25, 0.3) is 0 Å². The summed E-state index contributed by atoms with van der Waals surface area (Å²) in [4.78, 5) is 0.253. The summed E-state index contributed by atoms with van der Waals surface area (Å²) in [5.74, 6) is 0. The van der Waals surface area contributed by atoms with Crippen LogP contribution in [-0.2, 0) is 22.9 Å². The first kappa shape index (κ1) is 14.5. The zero-order valence-corrected chi connectivity index (χ0v) is 11.8. The van der Waals surface area contributed by atoms with Crippen molar-refractivity contribution in [3.63, 3.8) is 0 Å². The van der Waals surface area contributed by atoms with Gasteiger partial charge >= 0.3 is 0 Å². The molecule has 1 aromatic heterocycles. The van der Waals surface area contributed by atoms with Crippen LogP contribution in [0.3, 0.4) is 0 Å². The van der Waals surface area contributed by atoms with Gasteiger partial charge in [0, 0.05) is 6.26 Å². The van der Waals surface area contributed by atoms with Crippen molar-refractivity contribution in [2.75, 3.05) is 18.2 Å². The van der Waals surface area contributed by atoms with E-state index in [-0.39, 0.29) is 11.5 Å². The van der Waals surface area contributed by atoms with Crippen molar-refractivity contribution in [3.8, 4) is 0 Å². The minimum Gasteiger partial charge on any atom is -0.394 e. The van der Waals surface area contributed by atoms with Crippen molar-refractivity contribution in [2.45, 2.75) is 18.0 Å². The van der Waals surface area contributed by atoms with Crippen LogP contribution >= 0.6 is 0 Å². The molecule has 0 bridgehead atoms. The quantitative estimate of drug-likeness (QED) is 0.795. The molecule has 2 rings (SSSR count). The maximum absolute atomic E-state index is 11.7. The Hall–Kier alpha value is -1.93. The Morgan fingerprint density at radius 2 is 2.10 bits per heavy atom. The average molecular weight is 296 g/mol. The lowest BCUT2D eigenvalue weighted by Gasteiger charge is -2.09. The number of rotatable bonds is 6. The summed E-state index contributed by atoms with van der Waals surface area (Å²) in [6.45, 7) is 0.734. The number of para-hydroxylation sites is 1. The molecule has 0 aliphatic heterocycles. The van der Waals surface area contributed by atoms with Crippen LogP contribution in [-0.4, -0.2) is 41.4 Å². The van der Waals surface area contributed by atoms with E-state index in [1.54, 1.807) is 30.5 Å². The van der Waals surface area contributed by atoms with Crippen LogP contribution in [0.5, 0.6) is 0 Å². The van der Waals surface area contributed by atoms with E-state index in [1.807, 2.05) is 0 Å². The van der Waals surface area contributed by atoms with E-state index in [0.717, 1.165) is 0 Å². The summed E-state index contributed by atoms with van der Waals surface area (Å²) in [5, 5.41) is 19.6. The fraction of sp³-hybridized carbons (Fsp3) is 0.333. The van der Waals surface area contributed by atoms with Crippen LogP contribution in [0.2, 0.25) is 0 Å². The number of aromatic nitrogens is 3. The number of hydrogen-bond acceptors (Lipinski definition) is 6. The Balaban J connectivity index is 2.11. The monoisotopic (exact) mass is 296 g/mol. The molecular formula is C12H16N4O3S. The number of sulfone groups is 1. The SMILES string of the molecule is CS(=O)(=O)c1ccccc1NCc1cn(CCO)nn1. The summed E-state index contributed by atoms with van der Waals surface area (Å²) in [6.07, 6.45) is 2.87. The molecule has 2 aromatic rings. The topological polar surface area (TPSA) is 97.1 Å². The lowest BCUT2D eigenvalue weighted by Crippen LogP contribution is -2.06. The molecular weight excluding hydrogens is 280 g/mol. The maximum Gasteiger partial charge on any atom is 0.177 e. The van der Waals surface area contributed by atoms with Crippen LogP contribution in [0, 0.1) is 0 Å². The number of nitrogens with one attached hydrogen (secondary N) is 1. The highest BCUT2D eigenvalue weighted by molar-refractivity contribution is 7.90. The predicted octanol–water partition coefficient (Wildman–Crippen LogP) is 0.286. The zero-order valence-electron chi connectivity index (χ0n) is 11.0. The number of anilines is 1. The van der Waals surface area contributed by atoms with Crippen molar-refractivity contribution in [1.29, 1.82) is 0 Å². The molecule has 20 heavy (non-hydrogen) atoms. The minimum absolute atomic E-state index is 0.00681. The van der Waals surface area contributed by atoms with Gasteiger partial charge in [-0.25, -0.2) is 13.1 Å². The second kappa shape index (κ2) is 6.02. The summed E-state index contributed by atoms with van der Waals surface area (Å²) in [5.41, 5.74) is 1.20. The molecule has 0 radical (unpaired) electrons. The molecule has 0 fully saturated rings. The van der Waals surface area contributed by atoms with Crippen molar-refractivity contribution in [2.24, 2.45) is 0 Å². The van der Waals surface area contributed by atoms with Crippen LogP contribution in [0.1, 0.15) is 5.69 Å². The largest absolute Gasteiger partial charge is 0.394 e. The van der Waals surface area contributed by atoms with Gasteiger partial charge in [-0.3, -0.25) is 0 Å². The number of aliphatic hydroxyl groups excluding tert-OH is 1. The van der Waals surface area contributed by atoms with Gasteiger partial charge in [0.15, 0.2) is 9.84 Å². The lowest BCUT2D eigenvalue weighted by atomic mass is 10.3. The van der Waals surface area contributed by atoms with E-state index in [0.29, 0.717) is 24.5 Å². The second-order valence-corrected chi connectivity index (χ2v) is 6.30. The first-order valence-corrected chi connectivity index (χ1v) is 7.92. The van der Waals surface area contributed by atoms with E-state index in [4.69, 9.17) is 5.11 Å². The van der Waals surface area contributed by atoms with E-state index in [1.165, 1.54) is 10.9 Å². The Morgan fingerprint density at radius 1 is 1.35 bits per heavy atom. The zero-order chi connectivity index (χ0) is 14.6. The van der Waals surface area contributed by atoms with Crippen molar-refractivity contribution < 1.29 is 13.5 Å². The molecule has 0 unspecified atom stereocenters. The van der Waals surface area contributed by atoms with Gasteiger partial charge in [-0.2, -0.15) is 0 Å². The summed E-state index contributed by atoms with van der Waals surface area (Å²) in [6, 6.07) is 6.70. The predicted molar refractivity (Wildman–Crippen MR) is 74.0 cm³/mol. The normalized spacial score (nSPS) is 11.5. The van der Waals surface area contributed by atoms with Gasteiger partial charge in [0.1, 0.15) is 5.69 Å². The lowest BCUT2D eigenvalue weighted by molar-refractivity contribution is 0.268. The fourth-order valence-corrected chi connectivity index (χ4v) is 2.62. The molecule has 0 atom stereocenters. The van der Waals surface area contributed by atoms with Crippen molar-refractivity contribution in [3.05, 3.63) is 36.2 Å². The summed E-state index contributed by atoms with van der Waals surface area (Å²) < 4.78 is 24.8. The molecule has 0 aliphatic rings. The standard InChI is InChI=1S/C12H16N4O3S/c1-20(18,19)12-5-3-2-4-11(12)13-8-10-9-16(6-7-17)15-14-10/h2-5,9,13,17H,6-8H2,1H3. The van der Waals surface area contributed by atoms with Gasteiger partial charge in [-0.15, -0.1) is 5.10 Å². The Labute approximate surface area is 117 Å². The highest BCUT2D eigenvalue weighted by Crippen LogP contribution is 2.20. The average Bonchev–Trinajstić information content (AvgIpc) is 2.84. The Kier molecular flexibility index (Phi) is 4.35. The number of benzene rings is 1. The second-order valence-electron chi connectivity index (χ2n) is 4.32. The van der Waals surface area contributed by atoms with Gasteiger partial charge in [-0.1, -0.05) is 17.3 Å². The highest BCUT2D eigenvalue weighted by atomic mass is 32.2. The third-order valence-electron chi connectivity index (χ3n) is 2.66. The first-order chi connectivity index (χ1) is 9.50.